The molecule has 1 saturated heterocycles. The molecule has 1 unspecified atom stereocenters. The lowest BCUT2D eigenvalue weighted by molar-refractivity contribution is 0.0778. The fourth-order valence-electron chi connectivity index (χ4n) is 5.19. The van der Waals surface area contributed by atoms with E-state index in [0.717, 1.165) is 65.3 Å². The number of carbonyl (C=O) groups excluding carboxylic acids is 1. The number of carbonyl (C=O) groups is 1. The van der Waals surface area contributed by atoms with Gasteiger partial charge in [-0.15, -0.1) is 0 Å². The first-order chi connectivity index (χ1) is 18.9. The number of rotatable bonds is 9. The summed E-state index contributed by atoms with van der Waals surface area (Å²) in [6.07, 6.45) is 3.76. The number of nitrogens with one attached hydrogen (secondary N) is 2. The van der Waals surface area contributed by atoms with Gasteiger partial charge in [0.15, 0.2) is 5.82 Å². The molecule has 2 aromatic carbocycles. The monoisotopic (exact) mass is 527 g/mol. The lowest BCUT2D eigenvalue weighted by Crippen LogP contribution is -2.28. The van der Waals surface area contributed by atoms with Gasteiger partial charge >= 0.3 is 0 Å². The minimum atomic E-state index is -0.166. The Labute approximate surface area is 229 Å². The summed E-state index contributed by atoms with van der Waals surface area (Å²) in [5.74, 6) is 1.35. The van der Waals surface area contributed by atoms with Crippen molar-refractivity contribution in [2.45, 2.75) is 45.9 Å². The lowest BCUT2D eigenvalue weighted by atomic mass is 10.1. The van der Waals surface area contributed by atoms with Gasteiger partial charge in [-0.05, 0) is 61.3 Å². The number of aryl methyl sites for hydroxylation is 2. The average Bonchev–Trinajstić information content (AvgIpc) is 3.56. The maximum absolute atomic E-state index is 13.9. The van der Waals surface area contributed by atoms with E-state index in [1.165, 1.54) is 0 Å². The molecule has 0 aliphatic carbocycles. The molecule has 0 spiro atoms. The highest BCUT2D eigenvalue weighted by molar-refractivity contribution is 6.05. The predicted molar refractivity (Wildman–Crippen MR) is 154 cm³/mol. The Kier molecular flexibility index (Phi) is 7.90. The zero-order valence-electron chi connectivity index (χ0n) is 23.4. The summed E-state index contributed by atoms with van der Waals surface area (Å²) in [7, 11) is 5.45. The molecule has 9 heteroatoms. The van der Waals surface area contributed by atoms with Gasteiger partial charge in [-0.3, -0.25) is 4.79 Å². The van der Waals surface area contributed by atoms with Crippen LogP contribution >= 0.6 is 0 Å². The molecule has 4 aromatic rings. The van der Waals surface area contributed by atoms with E-state index in [9.17, 15) is 4.79 Å². The van der Waals surface area contributed by atoms with Crippen LogP contribution in [0.4, 0.5) is 5.69 Å². The van der Waals surface area contributed by atoms with Crippen molar-refractivity contribution in [3.05, 3.63) is 70.9 Å². The van der Waals surface area contributed by atoms with E-state index in [1.54, 1.807) is 19.1 Å². The number of ether oxygens (including phenoxy) is 1. The molecule has 3 heterocycles. The molecule has 9 nitrogen and oxygen atoms in total. The highest BCUT2D eigenvalue weighted by Crippen LogP contribution is 2.28. The Morgan fingerprint density at radius 2 is 2.08 bits per heavy atom. The molecule has 1 amide bonds. The average molecular weight is 528 g/mol. The highest BCUT2D eigenvalue weighted by Gasteiger charge is 2.22. The van der Waals surface area contributed by atoms with Gasteiger partial charge < -0.3 is 24.8 Å². The van der Waals surface area contributed by atoms with Gasteiger partial charge in [-0.1, -0.05) is 13.0 Å². The highest BCUT2D eigenvalue weighted by atomic mass is 16.5. The maximum atomic E-state index is 13.9. The smallest absolute Gasteiger partial charge is 0.273 e. The molecule has 1 fully saturated rings. The first-order valence-electron chi connectivity index (χ1n) is 13.5. The van der Waals surface area contributed by atoms with Crippen molar-refractivity contribution in [2.24, 2.45) is 7.05 Å². The first kappa shape index (κ1) is 26.8. The number of hydrogen-bond donors (Lipinski definition) is 2. The Morgan fingerprint density at radius 1 is 1.23 bits per heavy atom. The van der Waals surface area contributed by atoms with Crippen LogP contribution in [0.5, 0.6) is 0 Å². The number of aromatic nitrogens is 4. The standard InChI is InChI=1S/C30H37N7O2/c1-6-27-32-16-24(37(27)4)17-36(3)30(38)28-25-13-20(18-39-5)7-8-26(25)34-29(35-28)21-11-19(2)12-23(14-21)33-22-9-10-31-15-22/h7-8,11-14,16,22,31,33H,6,9-10,15,17-18H2,1-5H3. The third-order valence-electron chi connectivity index (χ3n) is 7.28. The molecule has 1 aliphatic rings. The van der Waals surface area contributed by atoms with Crippen molar-refractivity contribution in [1.82, 2.24) is 29.7 Å². The van der Waals surface area contributed by atoms with Gasteiger partial charge in [-0.2, -0.15) is 0 Å². The minimum Gasteiger partial charge on any atom is -0.381 e. The van der Waals surface area contributed by atoms with E-state index in [4.69, 9.17) is 14.7 Å². The number of benzene rings is 2. The van der Waals surface area contributed by atoms with Crippen LogP contribution in [0.25, 0.3) is 22.3 Å². The van der Waals surface area contributed by atoms with Crippen molar-refractivity contribution in [1.29, 1.82) is 0 Å². The minimum absolute atomic E-state index is 0.166. The summed E-state index contributed by atoms with van der Waals surface area (Å²) in [6.45, 7) is 6.98. The van der Waals surface area contributed by atoms with Crippen LogP contribution in [0.15, 0.2) is 42.6 Å². The molecule has 1 aliphatic heterocycles. The number of fused-ring (bicyclic) bond motifs is 1. The summed E-state index contributed by atoms with van der Waals surface area (Å²) in [5.41, 5.74) is 6.05. The van der Waals surface area contributed by atoms with Gasteiger partial charge in [0.1, 0.15) is 11.5 Å². The first-order valence-corrected chi connectivity index (χ1v) is 13.5. The predicted octanol–water partition coefficient (Wildman–Crippen LogP) is 4.09. The zero-order chi connectivity index (χ0) is 27.5. The Hall–Kier alpha value is -3.82. The molecular weight excluding hydrogens is 490 g/mol. The quantitative estimate of drug-likeness (QED) is 0.338. The molecule has 39 heavy (non-hydrogen) atoms. The fraction of sp³-hybridized carbons (Fsp3) is 0.400. The number of imidazole rings is 1. The SMILES string of the molecule is CCc1ncc(CN(C)C(=O)c2nc(-c3cc(C)cc(NC4CCNC4)c3)nc3ccc(COC)cc23)n1C. The van der Waals surface area contributed by atoms with Crippen molar-refractivity contribution in [3.8, 4) is 11.4 Å². The topological polar surface area (TPSA) is 97.2 Å². The van der Waals surface area contributed by atoms with Crippen molar-refractivity contribution in [2.75, 3.05) is 32.6 Å². The molecule has 1 atom stereocenters. The van der Waals surface area contributed by atoms with Crippen LogP contribution in [0.2, 0.25) is 0 Å². The second-order valence-electron chi connectivity index (χ2n) is 10.3. The molecule has 5 rings (SSSR count). The number of amides is 1. The maximum Gasteiger partial charge on any atom is 0.273 e. The summed E-state index contributed by atoms with van der Waals surface area (Å²) >= 11 is 0. The second kappa shape index (κ2) is 11.5. The summed E-state index contributed by atoms with van der Waals surface area (Å²) < 4.78 is 7.39. The number of anilines is 1. The molecule has 0 radical (unpaired) electrons. The van der Waals surface area contributed by atoms with E-state index in [2.05, 4.69) is 47.7 Å². The Balaban J connectivity index is 1.55. The van der Waals surface area contributed by atoms with Gasteiger partial charge in [0.2, 0.25) is 0 Å². The van der Waals surface area contributed by atoms with E-state index in [-0.39, 0.29) is 5.91 Å². The van der Waals surface area contributed by atoms with Gasteiger partial charge in [0, 0.05) is 56.8 Å². The summed E-state index contributed by atoms with van der Waals surface area (Å²) in [4.78, 5) is 29.9. The van der Waals surface area contributed by atoms with Gasteiger partial charge in [0.25, 0.3) is 5.91 Å². The van der Waals surface area contributed by atoms with Crippen molar-refractivity contribution >= 4 is 22.5 Å². The van der Waals surface area contributed by atoms with Crippen molar-refractivity contribution in [3.63, 3.8) is 0 Å². The largest absolute Gasteiger partial charge is 0.381 e. The summed E-state index contributed by atoms with van der Waals surface area (Å²) in [6, 6.07) is 12.6. The van der Waals surface area contributed by atoms with Gasteiger partial charge in [0.05, 0.1) is 30.6 Å². The normalized spacial score (nSPS) is 15.2. The van der Waals surface area contributed by atoms with Crippen LogP contribution < -0.4 is 10.6 Å². The molecule has 0 saturated carbocycles. The molecule has 2 N–H and O–H groups in total. The van der Waals surface area contributed by atoms with E-state index >= 15 is 0 Å². The summed E-state index contributed by atoms with van der Waals surface area (Å²) in [5, 5.41) is 7.74. The van der Waals surface area contributed by atoms with Crippen LogP contribution in [-0.4, -0.2) is 63.6 Å². The van der Waals surface area contributed by atoms with Gasteiger partial charge in [-0.25, -0.2) is 15.0 Å². The third kappa shape index (κ3) is 5.79. The van der Waals surface area contributed by atoms with Crippen molar-refractivity contribution < 1.29 is 9.53 Å². The lowest BCUT2D eigenvalue weighted by Gasteiger charge is -2.19. The van der Waals surface area contributed by atoms with Crippen LogP contribution in [0.3, 0.4) is 0 Å². The number of hydrogen-bond acceptors (Lipinski definition) is 7. The van der Waals surface area contributed by atoms with E-state index in [1.807, 2.05) is 36.0 Å². The number of methoxy groups -OCH3 is 1. The van der Waals surface area contributed by atoms with Crippen LogP contribution in [-0.2, 0) is 31.4 Å². The van der Waals surface area contributed by atoms with E-state index < -0.39 is 0 Å². The van der Waals surface area contributed by atoms with E-state index in [0.29, 0.717) is 36.1 Å². The second-order valence-corrected chi connectivity index (χ2v) is 10.3. The Bertz CT molecular complexity index is 1490. The third-order valence-corrected chi connectivity index (χ3v) is 7.28. The fourth-order valence-corrected chi connectivity index (χ4v) is 5.19. The zero-order valence-corrected chi connectivity index (χ0v) is 23.4. The molecule has 2 aromatic heterocycles. The molecule has 204 valence electrons. The van der Waals surface area contributed by atoms with Crippen LogP contribution in [0, 0.1) is 6.92 Å². The van der Waals surface area contributed by atoms with Crippen LogP contribution in [0.1, 0.15) is 46.5 Å². The molecular formula is C30H37N7O2. The Morgan fingerprint density at radius 3 is 2.79 bits per heavy atom. The number of nitrogens with zero attached hydrogens (tertiary/aromatic N) is 5. The molecule has 0 bridgehead atoms.